The Bertz CT molecular complexity index is 810. The van der Waals surface area contributed by atoms with Gasteiger partial charge >= 0.3 is 0 Å². The molecule has 0 atom stereocenters. The number of benzene rings is 2. The van der Waals surface area contributed by atoms with Gasteiger partial charge in [-0.25, -0.2) is 4.68 Å². The van der Waals surface area contributed by atoms with Crippen molar-refractivity contribution in [2.75, 3.05) is 4.72 Å². The molecule has 0 fully saturated rings. The molecule has 0 bridgehead atoms. The minimum Gasteiger partial charge on any atom is -0.325 e. The highest BCUT2D eigenvalue weighted by Gasteiger charge is 2.07. The highest BCUT2D eigenvalue weighted by Crippen LogP contribution is 2.31. The van der Waals surface area contributed by atoms with Crippen LogP contribution in [0.3, 0.4) is 0 Å². The highest BCUT2D eigenvalue weighted by atomic mass is 35.5. The predicted octanol–water partition coefficient (Wildman–Crippen LogP) is 6.43. The maximum atomic E-state index is 6.10. The van der Waals surface area contributed by atoms with Gasteiger partial charge in [0.25, 0.3) is 0 Å². The first-order valence-electron chi connectivity index (χ1n) is 7.62. The number of rotatable bonds is 5. The van der Waals surface area contributed by atoms with Gasteiger partial charge in [-0.2, -0.15) is 0 Å². The van der Waals surface area contributed by atoms with Crippen molar-refractivity contribution < 1.29 is 0 Å². The van der Waals surface area contributed by atoms with Crippen LogP contribution < -0.4 is 4.72 Å². The second-order valence-electron chi connectivity index (χ2n) is 4.68. The van der Waals surface area contributed by atoms with Crippen molar-refractivity contribution in [1.29, 1.82) is 0 Å². The van der Waals surface area contributed by atoms with E-state index < -0.39 is 0 Å². The number of anilines is 1. The smallest absolute Gasteiger partial charge is 0.0697 e. The third-order valence-corrected chi connectivity index (χ3v) is 4.83. The van der Waals surface area contributed by atoms with E-state index in [2.05, 4.69) is 15.0 Å². The first-order valence-corrected chi connectivity index (χ1v) is 9.57. The predicted molar refractivity (Wildman–Crippen MR) is 108 cm³/mol. The van der Waals surface area contributed by atoms with Crippen molar-refractivity contribution in [3.8, 4) is 0 Å². The SMILES string of the molecule is CC.Clc1ccc(Cn2ccnn2)c(NSc2ccc(Cl)c(Cl)c2)c1. The molecule has 0 aliphatic carbocycles. The van der Waals surface area contributed by atoms with Crippen LogP contribution in [0.15, 0.2) is 53.7 Å². The van der Waals surface area contributed by atoms with Crippen molar-refractivity contribution >= 4 is 52.4 Å². The first kappa shape index (κ1) is 19.9. The van der Waals surface area contributed by atoms with Gasteiger partial charge in [-0.3, -0.25) is 0 Å². The molecule has 4 nitrogen and oxygen atoms in total. The van der Waals surface area contributed by atoms with Gasteiger partial charge in [-0.1, -0.05) is 59.9 Å². The van der Waals surface area contributed by atoms with Crippen LogP contribution >= 0.6 is 46.8 Å². The van der Waals surface area contributed by atoms with Crippen LogP contribution in [0.4, 0.5) is 5.69 Å². The van der Waals surface area contributed by atoms with E-state index in [1.165, 1.54) is 11.9 Å². The minimum atomic E-state index is 0.521. The van der Waals surface area contributed by atoms with Crippen molar-refractivity contribution in [3.63, 3.8) is 0 Å². The summed E-state index contributed by atoms with van der Waals surface area (Å²) in [6.07, 6.45) is 3.46. The fraction of sp³-hybridized carbons (Fsp3) is 0.176. The molecule has 0 spiro atoms. The molecule has 0 saturated heterocycles. The molecule has 1 aromatic heterocycles. The molecule has 1 heterocycles. The average molecular weight is 416 g/mol. The number of halogens is 3. The lowest BCUT2D eigenvalue weighted by atomic mass is 10.2. The first-order chi connectivity index (χ1) is 12.1. The minimum absolute atomic E-state index is 0.521. The van der Waals surface area contributed by atoms with E-state index in [0.29, 0.717) is 21.6 Å². The van der Waals surface area contributed by atoms with Gasteiger partial charge in [0, 0.05) is 16.1 Å². The van der Waals surface area contributed by atoms with Crippen molar-refractivity contribution in [1.82, 2.24) is 15.0 Å². The molecule has 0 saturated carbocycles. The molecule has 1 N–H and O–H groups in total. The summed E-state index contributed by atoms with van der Waals surface area (Å²) >= 11 is 19.5. The molecule has 0 aliphatic rings. The van der Waals surface area contributed by atoms with Crippen LogP contribution in [0.25, 0.3) is 0 Å². The van der Waals surface area contributed by atoms with Crippen LogP contribution in [0, 0.1) is 0 Å². The largest absolute Gasteiger partial charge is 0.325 e. The maximum Gasteiger partial charge on any atom is 0.0697 e. The standard InChI is InChI=1S/C15H11Cl3N4S.C2H6/c16-11-2-1-10(9-22-6-5-19-21-22)15(7-11)20-23-12-3-4-13(17)14(18)8-12;1-2/h1-8,20H,9H2;1-2H3. The Labute approximate surface area is 166 Å². The third-order valence-electron chi connectivity index (χ3n) is 3.05. The van der Waals surface area contributed by atoms with Gasteiger partial charge in [0.1, 0.15) is 0 Å². The van der Waals surface area contributed by atoms with Crippen molar-refractivity contribution in [3.05, 3.63) is 69.4 Å². The molecule has 2 aromatic carbocycles. The summed E-state index contributed by atoms with van der Waals surface area (Å²) in [4.78, 5) is 0.950. The van der Waals surface area contributed by atoms with E-state index in [-0.39, 0.29) is 0 Å². The summed E-state index contributed by atoms with van der Waals surface area (Å²) < 4.78 is 5.05. The zero-order valence-corrected chi connectivity index (χ0v) is 16.8. The quantitative estimate of drug-likeness (QED) is 0.487. The molecule has 0 radical (unpaired) electrons. The van der Waals surface area contributed by atoms with Crippen molar-refractivity contribution in [2.24, 2.45) is 0 Å². The fourth-order valence-corrected chi connectivity index (χ4v) is 3.19. The number of nitrogens with one attached hydrogen (secondary N) is 1. The summed E-state index contributed by atoms with van der Waals surface area (Å²) in [7, 11) is 0. The molecule has 132 valence electrons. The third kappa shape index (κ3) is 5.82. The Morgan fingerprint density at radius 3 is 2.52 bits per heavy atom. The topological polar surface area (TPSA) is 42.7 Å². The van der Waals surface area contributed by atoms with Crippen LogP contribution in [0.5, 0.6) is 0 Å². The highest BCUT2D eigenvalue weighted by molar-refractivity contribution is 8.00. The van der Waals surface area contributed by atoms with E-state index in [4.69, 9.17) is 34.8 Å². The zero-order chi connectivity index (χ0) is 18.2. The molecule has 3 aromatic rings. The molecule has 3 rings (SSSR count). The lowest BCUT2D eigenvalue weighted by molar-refractivity contribution is 0.651. The summed E-state index contributed by atoms with van der Waals surface area (Å²) in [5.41, 5.74) is 1.96. The number of hydrogen-bond donors (Lipinski definition) is 1. The van der Waals surface area contributed by atoms with Crippen LogP contribution in [0.1, 0.15) is 19.4 Å². The summed E-state index contributed by atoms with van der Waals surface area (Å²) in [5.74, 6) is 0. The fourth-order valence-electron chi connectivity index (χ4n) is 1.93. The molecule has 25 heavy (non-hydrogen) atoms. The van der Waals surface area contributed by atoms with Gasteiger partial charge in [0.05, 0.1) is 28.5 Å². The molecule has 0 unspecified atom stereocenters. The Morgan fingerprint density at radius 1 is 1.04 bits per heavy atom. The normalized spacial score (nSPS) is 10.1. The van der Waals surface area contributed by atoms with Gasteiger partial charge in [-0.05, 0) is 47.8 Å². The van der Waals surface area contributed by atoms with Gasteiger partial charge in [0.15, 0.2) is 0 Å². The van der Waals surface area contributed by atoms with Gasteiger partial charge in [0.2, 0.25) is 0 Å². The van der Waals surface area contributed by atoms with Crippen molar-refractivity contribution in [2.45, 2.75) is 25.3 Å². The molecule has 0 amide bonds. The molecule has 8 heteroatoms. The average Bonchev–Trinajstić information content (AvgIpc) is 3.13. The Balaban J connectivity index is 0.00000109. The summed E-state index contributed by atoms with van der Waals surface area (Å²) in [6.45, 7) is 4.60. The molecular formula is C17H17Cl3N4S. The van der Waals surface area contributed by atoms with E-state index in [1.54, 1.807) is 16.9 Å². The van der Waals surface area contributed by atoms with Gasteiger partial charge in [-0.15, -0.1) is 5.10 Å². The lowest BCUT2D eigenvalue weighted by Crippen LogP contribution is -2.03. The monoisotopic (exact) mass is 414 g/mol. The number of aromatic nitrogens is 3. The lowest BCUT2D eigenvalue weighted by Gasteiger charge is -2.12. The van der Waals surface area contributed by atoms with E-state index in [0.717, 1.165) is 16.1 Å². The van der Waals surface area contributed by atoms with Crippen LogP contribution in [-0.2, 0) is 6.54 Å². The number of nitrogens with zero attached hydrogens (tertiary/aromatic N) is 3. The summed E-state index contributed by atoms with van der Waals surface area (Å²) in [5, 5.41) is 9.50. The Hall–Kier alpha value is -1.40. The van der Waals surface area contributed by atoms with E-state index in [1.807, 2.05) is 50.4 Å². The summed E-state index contributed by atoms with van der Waals surface area (Å²) in [6, 6.07) is 11.2. The maximum absolute atomic E-state index is 6.10. The number of hydrogen-bond acceptors (Lipinski definition) is 4. The second-order valence-corrected chi connectivity index (χ2v) is 6.81. The Morgan fingerprint density at radius 2 is 1.84 bits per heavy atom. The zero-order valence-electron chi connectivity index (χ0n) is 13.7. The van der Waals surface area contributed by atoms with E-state index in [9.17, 15) is 0 Å². The van der Waals surface area contributed by atoms with E-state index >= 15 is 0 Å². The van der Waals surface area contributed by atoms with Crippen LogP contribution in [0.2, 0.25) is 15.1 Å². The molecule has 0 aliphatic heterocycles. The molecular weight excluding hydrogens is 399 g/mol. The second kappa shape index (κ2) is 9.92. The van der Waals surface area contributed by atoms with Crippen LogP contribution in [-0.4, -0.2) is 15.0 Å². The Kier molecular flexibility index (Phi) is 7.90. The van der Waals surface area contributed by atoms with Gasteiger partial charge < -0.3 is 4.72 Å².